The molecule has 1 saturated carbocycles. The number of nitrogens with zero attached hydrogens (tertiary/aromatic N) is 3. The van der Waals surface area contributed by atoms with E-state index in [0.717, 1.165) is 19.3 Å². The highest BCUT2D eigenvalue weighted by Gasteiger charge is 2.27. The van der Waals surface area contributed by atoms with E-state index in [4.69, 9.17) is 4.74 Å². The van der Waals surface area contributed by atoms with Crippen LogP contribution in [0.25, 0.3) is 5.69 Å². The number of ether oxygens (including phenoxy) is 1. The van der Waals surface area contributed by atoms with Crippen molar-refractivity contribution in [2.45, 2.75) is 46.1 Å². The first-order chi connectivity index (χ1) is 13.0. The fourth-order valence-corrected chi connectivity index (χ4v) is 2.67. The predicted octanol–water partition coefficient (Wildman–Crippen LogP) is 2.01. The van der Waals surface area contributed by atoms with Crippen LogP contribution in [-0.2, 0) is 0 Å². The van der Waals surface area contributed by atoms with Gasteiger partial charge in [-0.05, 0) is 51.3 Å². The minimum absolute atomic E-state index is 0.162. The zero-order chi connectivity index (χ0) is 19.4. The highest BCUT2D eigenvalue weighted by atomic mass is 16.5. The number of hydrogen-bond acceptors (Lipinski definition) is 5. The van der Waals surface area contributed by atoms with Crippen molar-refractivity contribution in [3.8, 4) is 11.4 Å². The Morgan fingerprint density at radius 1 is 1.26 bits per heavy atom. The molecule has 8 nitrogen and oxygen atoms in total. The summed E-state index contributed by atoms with van der Waals surface area (Å²) in [4.78, 5) is 24.5. The molecule has 144 valence electrons. The van der Waals surface area contributed by atoms with E-state index >= 15 is 0 Å². The van der Waals surface area contributed by atoms with Crippen LogP contribution in [0.4, 0.5) is 0 Å². The summed E-state index contributed by atoms with van der Waals surface area (Å²) in [7, 11) is 0. The monoisotopic (exact) mass is 371 g/mol. The number of rotatable bonds is 8. The van der Waals surface area contributed by atoms with E-state index in [1.807, 2.05) is 13.8 Å². The van der Waals surface area contributed by atoms with Gasteiger partial charge in [-0.1, -0.05) is 12.1 Å². The molecule has 3 rings (SSSR count). The highest BCUT2D eigenvalue weighted by Crippen LogP contribution is 2.26. The van der Waals surface area contributed by atoms with Crippen LogP contribution in [0.15, 0.2) is 18.2 Å². The second-order valence-electron chi connectivity index (χ2n) is 6.57. The standard InChI is InChI=1S/C19H25N5O3/c1-4-10-27-16-11-13(18(25)20-5-2)6-9-15(16)24-12(3)17(22-23-24)19(26)21-14-7-8-14/h6,9,11,14H,4-5,7-8,10H2,1-3H3,(H,20,25)(H,21,26). The Hall–Kier alpha value is -2.90. The summed E-state index contributed by atoms with van der Waals surface area (Å²) in [5, 5.41) is 13.9. The number of hydrogen-bond donors (Lipinski definition) is 2. The smallest absolute Gasteiger partial charge is 0.273 e. The molecule has 0 aliphatic heterocycles. The lowest BCUT2D eigenvalue weighted by atomic mass is 10.1. The maximum absolute atomic E-state index is 12.3. The van der Waals surface area contributed by atoms with Crippen LogP contribution >= 0.6 is 0 Å². The Morgan fingerprint density at radius 3 is 2.70 bits per heavy atom. The third-order valence-electron chi connectivity index (χ3n) is 4.27. The first-order valence-corrected chi connectivity index (χ1v) is 9.33. The molecule has 1 aliphatic rings. The van der Waals surface area contributed by atoms with E-state index in [1.54, 1.807) is 29.8 Å². The van der Waals surface area contributed by atoms with Crippen molar-refractivity contribution in [1.29, 1.82) is 0 Å². The van der Waals surface area contributed by atoms with Crippen LogP contribution in [0.1, 0.15) is 59.7 Å². The van der Waals surface area contributed by atoms with Crippen LogP contribution < -0.4 is 15.4 Å². The van der Waals surface area contributed by atoms with E-state index in [1.165, 1.54) is 0 Å². The lowest BCUT2D eigenvalue weighted by Gasteiger charge is -2.13. The van der Waals surface area contributed by atoms with Gasteiger partial charge in [-0.3, -0.25) is 9.59 Å². The molecular formula is C19H25N5O3. The summed E-state index contributed by atoms with van der Waals surface area (Å²) in [5.41, 5.74) is 2.08. The molecule has 1 aromatic heterocycles. The van der Waals surface area contributed by atoms with E-state index in [9.17, 15) is 9.59 Å². The van der Waals surface area contributed by atoms with E-state index < -0.39 is 0 Å². The zero-order valence-corrected chi connectivity index (χ0v) is 15.9. The molecule has 1 aromatic carbocycles. The van der Waals surface area contributed by atoms with E-state index in [-0.39, 0.29) is 17.9 Å². The molecule has 0 atom stereocenters. The van der Waals surface area contributed by atoms with Crippen LogP contribution in [0.2, 0.25) is 0 Å². The van der Waals surface area contributed by atoms with Gasteiger partial charge in [-0.15, -0.1) is 5.10 Å². The number of aromatic nitrogens is 3. The second kappa shape index (κ2) is 8.20. The minimum Gasteiger partial charge on any atom is -0.491 e. The molecule has 2 N–H and O–H groups in total. The lowest BCUT2D eigenvalue weighted by Crippen LogP contribution is -2.26. The number of nitrogens with one attached hydrogen (secondary N) is 2. The van der Waals surface area contributed by atoms with Gasteiger partial charge in [-0.2, -0.15) is 0 Å². The molecule has 2 amide bonds. The van der Waals surface area contributed by atoms with E-state index in [2.05, 4.69) is 20.9 Å². The average Bonchev–Trinajstić information content (AvgIpc) is 3.39. The van der Waals surface area contributed by atoms with Gasteiger partial charge < -0.3 is 15.4 Å². The molecule has 1 aliphatic carbocycles. The van der Waals surface area contributed by atoms with Crippen LogP contribution in [-0.4, -0.2) is 46.0 Å². The van der Waals surface area contributed by atoms with Crippen molar-refractivity contribution in [2.75, 3.05) is 13.2 Å². The van der Waals surface area contributed by atoms with Crippen molar-refractivity contribution in [2.24, 2.45) is 0 Å². The number of benzene rings is 1. The molecule has 1 fully saturated rings. The minimum atomic E-state index is -0.212. The topological polar surface area (TPSA) is 98.1 Å². The fourth-order valence-electron chi connectivity index (χ4n) is 2.67. The quantitative estimate of drug-likeness (QED) is 0.740. The summed E-state index contributed by atoms with van der Waals surface area (Å²) in [6, 6.07) is 5.42. The van der Waals surface area contributed by atoms with E-state index in [0.29, 0.717) is 41.5 Å². The Kier molecular flexibility index (Phi) is 5.73. The number of amides is 2. The molecule has 27 heavy (non-hydrogen) atoms. The van der Waals surface area contributed by atoms with Crippen molar-refractivity contribution in [3.63, 3.8) is 0 Å². The maximum Gasteiger partial charge on any atom is 0.273 e. The first-order valence-electron chi connectivity index (χ1n) is 9.33. The van der Waals surface area contributed by atoms with Crippen LogP contribution in [0, 0.1) is 6.92 Å². The van der Waals surface area contributed by atoms with Gasteiger partial charge in [0.1, 0.15) is 11.4 Å². The number of carbonyl (C=O) groups excluding carboxylic acids is 2. The maximum atomic E-state index is 12.3. The average molecular weight is 371 g/mol. The third kappa shape index (κ3) is 4.27. The molecule has 0 radical (unpaired) electrons. The normalized spacial score (nSPS) is 13.3. The van der Waals surface area contributed by atoms with Crippen molar-refractivity contribution in [1.82, 2.24) is 25.6 Å². The molecular weight excluding hydrogens is 346 g/mol. The Bertz CT molecular complexity index is 842. The lowest BCUT2D eigenvalue weighted by molar-refractivity contribution is 0.0940. The molecule has 1 heterocycles. The molecule has 0 saturated heterocycles. The Balaban J connectivity index is 1.93. The second-order valence-corrected chi connectivity index (χ2v) is 6.57. The SMILES string of the molecule is CCCOc1cc(C(=O)NCC)ccc1-n1nnc(C(=O)NC2CC2)c1C. The molecule has 0 spiro atoms. The highest BCUT2D eigenvalue weighted by molar-refractivity contribution is 5.95. The van der Waals surface area contributed by atoms with Gasteiger partial charge in [0.2, 0.25) is 0 Å². The summed E-state index contributed by atoms with van der Waals surface area (Å²) in [6.45, 7) is 6.73. The van der Waals surface area contributed by atoms with Gasteiger partial charge in [-0.25, -0.2) is 4.68 Å². The van der Waals surface area contributed by atoms with Crippen LogP contribution in [0.3, 0.4) is 0 Å². The molecule has 0 unspecified atom stereocenters. The fraction of sp³-hybridized carbons (Fsp3) is 0.474. The molecule has 0 bridgehead atoms. The third-order valence-corrected chi connectivity index (χ3v) is 4.27. The van der Waals surface area contributed by atoms with Gasteiger partial charge in [0.25, 0.3) is 11.8 Å². The van der Waals surface area contributed by atoms with Gasteiger partial charge >= 0.3 is 0 Å². The summed E-state index contributed by atoms with van der Waals surface area (Å²) >= 11 is 0. The largest absolute Gasteiger partial charge is 0.491 e. The predicted molar refractivity (Wildman–Crippen MR) is 100 cm³/mol. The van der Waals surface area contributed by atoms with Crippen molar-refractivity contribution in [3.05, 3.63) is 35.2 Å². The summed E-state index contributed by atoms with van der Waals surface area (Å²) < 4.78 is 7.42. The molecule has 8 heteroatoms. The van der Waals surface area contributed by atoms with Gasteiger partial charge in [0.15, 0.2) is 5.69 Å². The van der Waals surface area contributed by atoms with Crippen molar-refractivity contribution >= 4 is 11.8 Å². The summed E-state index contributed by atoms with van der Waals surface area (Å²) in [5.74, 6) is 0.157. The van der Waals surface area contributed by atoms with Crippen molar-refractivity contribution < 1.29 is 14.3 Å². The van der Waals surface area contributed by atoms with Gasteiger partial charge in [0.05, 0.1) is 12.3 Å². The van der Waals surface area contributed by atoms with Crippen LogP contribution in [0.5, 0.6) is 5.75 Å². The number of carbonyl (C=O) groups is 2. The summed E-state index contributed by atoms with van der Waals surface area (Å²) in [6.07, 6.45) is 2.85. The molecule has 2 aromatic rings. The zero-order valence-electron chi connectivity index (χ0n) is 15.9. The van der Waals surface area contributed by atoms with Gasteiger partial charge in [0, 0.05) is 18.2 Å². The Labute approximate surface area is 158 Å². The first kappa shape index (κ1) is 18.9. The Morgan fingerprint density at radius 2 is 2.04 bits per heavy atom.